The number of hydrogen-bond acceptors (Lipinski definition) is 7. The minimum Gasteiger partial charge on any atom is -0.468 e. The lowest BCUT2D eigenvalue weighted by Gasteiger charge is -2.28. The molecule has 3 heterocycles. The molecule has 0 unspecified atom stereocenters. The third-order valence-corrected chi connectivity index (χ3v) is 9.72. The van der Waals surface area contributed by atoms with Crippen LogP contribution in [0.5, 0.6) is 0 Å². The summed E-state index contributed by atoms with van der Waals surface area (Å²) in [6, 6.07) is 10.7. The summed E-state index contributed by atoms with van der Waals surface area (Å²) in [5.41, 5.74) is -0.361. The third kappa shape index (κ3) is 4.76. The number of carbonyl (C=O) groups excluding carboxylic acids is 2. The van der Waals surface area contributed by atoms with E-state index in [2.05, 4.69) is 20.9 Å². The van der Waals surface area contributed by atoms with E-state index in [-0.39, 0.29) is 40.4 Å². The van der Waals surface area contributed by atoms with Crippen molar-refractivity contribution in [2.24, 2.45) is 0 Å². The van der Waals surface area contributed by atoms with Crippen LogP contribution in [0, 0.1) is 0 Å². The van der Waals surface area contributed by atoms with Crippen molar-refractivity contribution in [1.29, 1.82) is 0 Å². The molecule has 0 spiro atoms. The van der Waals surface area contributed by atoms with E-state index in [1.165, 1.54) is 27.7 Å². The molecule has 1 aromatic heterocycles. The number of aliphatic hydroxyl groups is 1. The first-order chi connectivity index (χ1) is 18.4. The van der Waals surface area contributed by atoms with Crippen LogP contribution in [0.3, 0.4) is 0 Å². The van der Waals surface area contributed by atoms with Gasteiger partial charge in [0.05, 0.1) is 25.1 Å². The first-order valence-electron chi connectivity index (χ1n) is 11.8. The molecule has 0 radical (unpaired) electrons. The maximum Gasteiger partial charge on any atom is 0.324 e. The Morgan fingerprint density at radius 2 is 1.85 bits per heavy atom. The molecule has 10 nitrogen and oxygen atoms in total. The summed E-state index contributed by atoms with van der Waals surface area (Å²) in [6.45, 7) is 1.32. The van der Waals surface area contributed by atoms with Gasteiger partial charge in [0.1, 0.15) is 11.6 Å². The molecule has 1 amide bonds. The molecule has 2 aromatic carbocycles. The average Bonchev–Trinajstić information content (AvgIpc) is 3.54. The fourth-order valence-corrected chi connectivity index (χ4v) is 7.73. The summed E-state index contributed by atoms with van der Waals surface area (Å²) in [5, 5.41) is 10.5. The lowest BCUT2D eigenvalue weighted by molar-refractivity contribution is -0.144. The zero-order valence-corrected chi connectivity index (χ0v) is 24.6. The number of anilines is 2. The Labute approximate surface area is 243 Å². The maximum absolute atomic E-state index is 14.2. The van der Waals surface area contributed by atoms with Crippen LogP contribution in [0.1, 0.15) is 18.9 Å². The first-order valence-corrected chi connectivity index (χ1v) is 14.8. The number of rotatable bonds is 6. The van der Waals surface area contributed by atoms with Crippen LogP contribution in [0.25, 0.3) is 0 Å². The van der Waals surface area contributed by atoms with Crippen molar-refractivity contribution in [1.82, 2.24) is 13.9 Å². The van der Waals surface area contributed by atoms with Crippen molar-refractivity contribution in [3.8, 4) is 0 Å². The molecule has 0 saturated carbocycles. The van der Waals surface area contributed by atoms with Crippen molar-refractivity contribution < 1.29 is 27.9 Å². The van der Waals surface area contributed by atoms with Gasteiger partial charge >= 0.3 is 5.97 Å². The maximum atomic E-state index is 14.2. The Morgan fingerprint density at radius 3 is 2.46 bits per heavy atom. The molecule has 0 aliphatic carbocycles. The number of hydrogen-bond donors (Lipinski definition) is 1. The van der Waals surface area contributed by atoms with E-state index < -0.39 is 39.6 Å². The molecule has 3 atom stereocenters. The van der Waals surface area contributed by atoms with Crippen LogP contribution in [-0.2, 0) is 36.3 Å². The number of halogens is 3. The van der Waals surface area contributed by atoms with Crippen LogP contribution >= 0.6 is 39.1 Å². The van der Waals surface area contributed by atoms with Crippen molar-refractivity contribution in [3.05, 3.63) is 68.7 Å². The zero-order valence-electron chi connectivity index (χ0n) is 20.7. The van der Waals surface area contributed by atoms with Crippen LogP contribution in [-0.4, -0.2) is 65.1 Å². The molecule has 14 heteroatoms. The Morgan fingerprint density at radius 1 is 1.21 bits per heavy atom. The van der Waals surface area contributed by atoms with Gasteiger partial charge in [-0.05, 0) is 42.8 Å². The Kier molecular flexibility index (Phi) is 7.32. The molecule has 1 fully saturated rings. The van der Waals surface area contributed by atoms with Crippen LogP contribution in [0.15, 0.2) is 58.2 Å². The van der Waals surface area contributed by atoms with E-state index in [1.54, 1.807) is 6.92 Å². The second-order valence-corrected chi connectivity index (χ2v) is 13.2. The van der Waals surface area contributed by atoms with Gasteiger partial charge in [-0.1, -0.05) is 51.3 Å². The molecule has 3 aromatic rings. The fraction of sp³-hybridized carbons (Fsp3) is 0.320. The van der Waals surface area contributed by atoms with Crippen LogP contribution < -0.4 is 4.90 Å². The normalized spacial score (nSPS) is 23.3. The number of ether oxygens (including phenoxy) is 1. The molecular formula is C25H23BrCl2N4O6S. The number of β-amino-alcohol motifs (C(OH)–C–C–N with tert-alkyl or cyclic N) is 1. The van der Waals surface area contributed by atoms with Gasteiger partial charge in [0.15, 0.2) is 5.03 Å². The number of benzene rings is 2. The average molecular weight is 658 g/mol. The molecule has 5 rings (SSSR count). The van der Waals surface area contributed by atoms with E-state index in [1.807, 2.05) is 24.3 Å². The number of esters is 1. The minimum atomic E-state index is -4.44. The van der Waals surface area contributed by atoms with Gasteiger partial charge in [-0.15, -0.1) is 0 Å². The summed E-state index contributed by atoms with van der Waals surface area (Å²) < 4.78 is 36.0. The predicted molar refractivity (Wildman–Crippen MR) is 148 cm³/mol. The highest BCUT2D eigenvalue weighted by Gasteiger charge is 2.54. The SMILES string of the molecule is COC(=O)[C@@H]1C[C@@H](O)CN1S(=O)(=O)c1cnc2n1[C@](C)(Cc1ccc(Br)cc1)C(=O)N2c1cc(Cl)cc(Cl)c1. The van der Waals surface area contributed by atoms with Gasteiger partial charge in [0.2, 0.25) is 5.95 Å². The molecule has 206 valence electrons. The molecular weight excluding hydrogens is 635 g/mol. The lowest BCUT2D eigenvalue weighted by atomic mass is 9.92. The van der Waals surface area contributed by atoms with Crippen molar-refractivity contribution in [2.45, 2.75) is 42.5 Å². The van der Waals surface area contributed by atoms with Gasteiger partial charge in [-0.3, -0.25) is 14.2 Å². The quantitative estimate of drug-likeness (QED) is 0.399. The summed E-state index contributed by atoms with van der Waals surface area (Å²) >= 11 is 15.9. The Bertz CT molecular complexity index is 1560. The van der Waals surface area contributed by atoms with E-state index in [9.17, 15) is 23.1 Å². The van der Waals surface area contributed by atoms with Crippen molar-refractivity contribution >= 4 is 72.7 Å². The largest absolute Gasteiger partial charge is 0.468 e. The topological polar surface area (TPSA) is 122 Å². The number of fused-ring (bicyclic) bond motifs is 1. The molecule has 0 bridgehead atoms. The van der Waals surface area contributed by atoms with E-state index in [0.717, 1.165) is 27.6 Å². The summed E-state index contributed by atoms with van der Waals surface area (Å²) in [4.78, 5) is 32.2. The molecule has 1 N–H and O–H groups in total. The number of nitrogens with zero attached hydrogens (tertiary/aromatic N) is 4. The third-order valence-electron chi connectivity index (χ3n) is 6.92. The number of methoxy groups -OCH3 is 1. The zero-order chi connectivity index (χ0) is 28.3. The van der Waals surface area contributed by atoms with Gasteiger partial charge < -0.3 is 9.84 Å². The standard InChI is InChI=1S/C25H23BrCl2N4O6S/c1-25(11-14-3-5-15(26)6-4-14)23(35)31(18-8-16(27)7-17(28)9-18)24-29-12-21(32(24)25)39(36,37)30-13-19(33)10-20(30)22(34)38-2/h3-9,12,19-20,33H,10-11,13H2,1-2H3/t19-,20+,25-/m1/s1. The monoisotopic (exact) mass is 656 g/mol. The molecule has 2 aliphatic rings. The molecule has 2 aliphatic heterocycles. The number of carbonyl (C=O) groups is 2. The minimum absolute atomic E-state index is 0.0471. The lowest BCUT2D eigenvalue weighted by Crippen LogP contribution is -2.45. The summed E-state index contributed by atoms with van der Waals surface area (Å²) in [7, 11) is -3.29. The van der Waals surface area contributed by atoms with Crippen molar-refractivity contribution in [3.63, 3.8) is 0 Å². The van der Waals surface area contributed by atoms with Crippen LogP contribution in [0.2, 0.25) is 10.0 Å². The fourth-order valence-electron chi connectivity index (χ4n) is 5.13. The summed E-state index contributed by atoms with van der Waals surface area (Å²) in [5.74, 6) is -1.19. The number of aromatic nitrogens is 2. The van der Waals surface area contributed by atoms with E-state index >= 15 is 0 Å². The van der Waals surface area contributed by atoms with Crippen molar-refractivity contribution in [2.75, 3.05) is 18.6 Å². The number of amides is 1. The predicted octanol–water partition coefficient (Wildman–Crippen LogP) is 3.89. The van der Waals surface area contributed by atoms with E-state index in [4.69, 9.17) is 27.9 Å². The number of imidazole rings is 1. The van der Waals surface area contributed by atoms with Crippen LogP contribution in [0.4, 0.5) is 11.6 Å². The highest BCUT2D eigenvalue weighted by atomic mass is 79.9. The Balaban J connectivity index is 1.69. The number of sulfonamides is 1. The summed E-state index contributed by atoms with van der Waals surface area (Å²) in [6.07, 6.45) is 0.0917. The second-order valence-electron chi connectivity index (χ2n) is 9.58. The van der Waals surface area contributed by atoms with Gasteiger partial charge in [-0.25, -0.2) is 18.3 Å². The second kappa shape index (κ2) is 10.2. The molecule has 1 saturated heterocycles. The first kappa shape index (κ1) is 28.1. The number of aliphatic hydroxyl groups excluding tert-OH is 1. The molecule has 39 heavy (non-hydrogen) atoms. The highest BCUT2D eigenvalue weighted by molar-refractivity contribution is 9.10. The van der Waals surface area contributed by atoms with Gasteiger partial charge in [0, 0.05) is 33.9 Å². The van der Waals surface area contributed by atoms with Gasteiger partial charge in [0.25, 0.3) is 15.9 Å². The van der Waals surface area contributed by atoms with E-state index in [0.29, 0.717) is 5.69 Å². The highest BCUT2D eigenvalue weighted by Crippen LogP contribution is 2.45. The Hall–Kier alpha value is -2.48. The van der Waals surface area contributed by atoms with Gasteiger partial charge in [-0.2, -0.15) is 4.31 Å². The smallest absolute Gasteiger partial charge is 0.324 e.